The van der Waals surface area contributed by atoms with Crippen molar-refractivity contribution in [2.24, 2.45) is 0 Å². The van der Waals surface area contributed by atoms with Crippen LogP contribution in [0.4, 0.5) is 34.1 Å². The Morgan fingerprint density at radius 2 is 1.02 bits per heavy atom. The van der Waals surface area contributed by atoms with Gasteiger partial charge in [0.05, 0.1) is 11.1 Å². The normalized spacial score (nSPS) is 14.6. The van der Waals surface area contributed by atoms with Crippen LogP contribution in [0.1, 0.15) is 27.8 Å². The molecular weight excluding hydrogens is 695 g/mol. The van der Waals surface area contributed by atoms with Crippen molar-refractivity contribution in [1.82, 2.24) is 0 Å². The average molecular weight is 729 g/mol. The molecule has 2 aliphatic heterocycles. The van der Waals surface area contributed by atoms with Crippen LogP contribution in [0.2, 0.25) is 0 Å². The second-order valence-electron chi connectivity index (χ2n) is 15.6. The first-order chi connectivity index (χ1) is 27.7. The van der Waals surface area contributed by atoms with Crippen LogP contribution in [0.25, 0.3) is 32.3 Å². The van der Waals surface area contributed by atoms with Crippen molar-refractivity contribution in [3.05, 3.63) is 210 Å². The highest BCUT2D eigenvalue weighted by Gasteiger charge is 2.52. The topological polar surface area (TPSA) is 6.48 Å². The lowest BCUT2D eigenvalue weighted by atomic mass is 9.36. The van der Waals surface area contributed by atoms with E-state index in [1.165, 1.54) is 110 Å². The molecule has 8 aromatic carbocycles. The van der Waals surface area contributed by atoms with Crippen molar-refractivity contribution in [3.63, 3.8) is 0 Å². The highest BCUT2D eigenvalue weighted by atomic mass is 32.1. The molecule has 0 atom stereocenters. The summed E-state index contributed by atoms with van der Waals surface area (Å²) < 4.78 is 2.73. The van der Waals surface area contributed by atoms with Gasteiger partial charge in [-0.2, -0.15) is 0 Å². The minimum absolute atomic E-state index is 0.0909. The Morgan fingerprint density at radius 1 is 0.464 bits per heavy atom. The van der Waals surface area contributed by atoms with E-state index in [9.17, 15) is 0 Å². The van der Waals surface area contributed by atoms with E-state index in [0.29, 0.717) is 0 Å². The fourth-order valence-electron chi connectivity index (χ4n) is 10.8. The number of benzene rings is 8. The van der Waals surface area contributed by atoms with Crippen LogP contribution >= 0.6 is 11.3 Å². The van der Waals surface area contributed by atoms with Gasteiger partial charge in [-0.15, -0.1) is 11.3 Å². The van der Waals surface area contributed by atoms with Crippen molar-refractivity contribution >= 4 is 78.0 Å². The van der Waals surface area contributed by atoms with E-state index >= 15 is 0 Å². The molecule has 260 valence electrons. The lowest BCUT2D eigenvalue weighted by Crippen LogP contribution is -2.60. The number of aryl methyl sites for hydroxylation is 1. The predicted octanol–water partition coefficient (Wildman–Crippen LogP) is 11.6. The number of para-hydroxylation sites is 2. The van der Waals surface area contributed by atoms with Gasteiger partial charge in [-0.25, -0.2) is 0 Å². The van der Waals surface area contributed by atoms with Gasteiger partial charge < -0.3 is 9.80 Å². The number of hydrogen-bond acceptors (Lipinski definition) is 3. The van der Waals surface area contributed by atoms with Gasteiger partial charge in [-0.05, 0) is 123 Å². The van der Waals surface area contributed by atoms with E-state index in [0.717, 1.165) is 0 Å². The summed E-state index contributed by atoms with van der Waals surface area (Å²) in [4.78, 5) is 5.05. The molecule has 2 aliphatic carbocycles. The molecule has 0 bridgehead atoms. The van der Waals surface area contributed by atoms with Crippen LogP contribution in [-0.4, -0.2) is 6.71 Å². The molecule has 9 aromatic rings. The van der Waals surface area contributed by atoms with E-state index < -0.39 is 0 Å². The molecule has 13 rings (SSSR count). The molecule has 1 aromatic heterocycles. The molecule has 4 aliphatic rings. The van der Waals surface area contributed by atoms with Crippen LogP contribution in [0.15, 0.2) is 182 Å². The Kier molecular flexibility index (Phi) is 6.03. The van der Waals surface area contributed by atoms with Gasteiger partial charge in [0.25, 0.3) is 6.71 Å². The molecule has 0 saturated heterocycles. The Hall–Kier alpha value is -6.62. The SMILES string of the molecule is Cc1ccc2c(c1)N(c1ccccc1)c1cccc3c1B2c1sc2cc4c(cc2c1N3c1ccccc1)-c1ccccc1C41c2ccccc2-c2ccccc21. The number of nitrogens with zero attached hydrogens (tertiary/aromatic N) is 2. The van der Waals surface area contributed by atoms with E-state index in [-0.39, 0.29) is 12.1 Å². The van der Waals surface area contributed by atoms with Crippen LogP contribution in [-0.2, 0) is 5.41 Å². The van der Waals surface area contributed by atoms with Gasteiger partial charge in [0.15, 0.2) is 0 Å². The molecule has 3 heterocycles. The number of thiophene rings is 1. The maximum absolute atomic E-state index is 2.58. The fraction of sp³-hybridized carbons (Fsp3) is 0.0385. The summed E-state index contributed by atoms with van der Waals surface area (Å²) in [6.45, 7) is 2.31. The summed E-state index contributed by atoms with van der Waals surface area (Å²) in [6.07, 6.45) is 0. The van der Waals surface area contributed by atoms with Crippen molar-refractivity contribution in [3.8, 4) is 22.3 Å². The van der Waals surface area contributed by atoms with E-state index in [1.807, 2.05) is 11.3 Å². The maximum atomic E-state index is 2.58. The highest BCUT2D eigenvalue weighted by molar-refractivity contribution is 7.33. The third-order valence-corrected chi connectivity index (χ3v) is 14.1. The Balaban J connectivity index is 1.15. The molecular formula is C52H33BN2S. The summed E-state index contributed by atoms with van der Waals surface area (Å²) in [5.41, 5.74) is 21.9. The molecule has 0 fully saturated rings. The monoisotopic (exact) mass is 728 g/mol. The van der Waals surface area contributed by atoms with Gasteiger partial charge in [0, 0.05) is 43.3 Å². The molecule has 0 saturated carbocycles. The van der Waals surface area contributed by atoms with Crippen LogP contribution in [0.5, 0.6) is 0 Å². The fourth-order valence-corrected chi connectivity index (χ4v) is 12.2. The van der Waals surface area contributed by atoms with E-state index in [2.05, 4.69) is 199 Å². The first-order valence-electron chi connectivity index (χ1n) is 19.6. The van der Waals surface area contributed by atoms with Crippen molar-refractivity contribution in [2.45, 2.75) is 12.3 Å². The largest absolute Gasteiger partial charge is 0.311 e. The van der Waals surface area contributed by atoms with Crippen LogP contribution < -0.4 is 25.5 Å². The first-order valence-corrected chi connectivity index (χ1v) is 20.4. The third kappa shape index (κ3) is 3.73. The Morgan fingerprint density at radius 3 is 1.66 bits per heavy atom. The molecule has 0 radical (unpaired) electrons. The van der Waals surface area contributed by atoms with Crippen molar-refractivity contribution in [1.29, 1.82) is 0 Å². The zero-order valence-electron chi connectivity index (χ0n) is 30.7. The van der Waals surface area contributed by atoms with Gasteiger partial charge >= 0.3 is 0 Å². The number of anilines is 6. The molecule has 0 amide bonds. The minimum atomic E-state index is -0.377. The molecule has 0 unspecified atom stereocenters. The van der Waals surface area contributed by atoms with Gasteiger partial charge in [-0.3, -0.25) is 0 Å². The lowest BCUT2D eigenvalue weighted by Gasteiger charge is -2.43. The lowest BCUT2D eigenvalue weighted by molar-refractivity contribution is 0.795. The smallest absolute Gasteiger partial charge is 0.264 e. The molecule has 56 heavy (non-hydrogen) atoms. The zero-order valence-corrected chi connectivity index (χ0v) is 31.5. The quantitative estimate of drug-likeness (QED) is 0.164. The summed E-state index contributed by atoms with van der Waals surface area (Å²) >= 11 is 1.99. The summed E-state index contributed by atoms with van der Waals surface area (Å²) in [5.74, 6) is 0. The average Bonchev–Trinajstić information content (AvgIpc) is 3.87. The summed E-state index contributed by atoms with van der Waals surface area (Å²) in [6, 6.07) is 68.5. The summed E-state index contributed by atoms with van der Waals surface area (Å²) in [5, 5.41) is 1.31. The zero-order chi connectivity index (χ0) is 36.7. The van der Waals surface area contributed by atoms with E-state index in [1.54, 1.807) is 0 Å². The van der Waals surface area contributed by atoms with Gasteiger partial charge in [0.2, 0.25) is 0 Å². The number of rotatable bonds is 2. The van der Waals surface area contributed by atoms with Crippen molar-refractivity contribution in [2.75, 3.05) is 9.80 Å². The maximum Gasteiger partial charge on any atom is 0.264 e. The Bertz CT molecular complexity index is 3080. The highest BCUT2D eigenvalue weighted by Crippen LogP contribution is 2.64. The third-order valence-electron chi connectivity index (χ3n) is 12.9. The van der Waals surface area contributed by atoms with Crippen molar-refractivity contribution < 1.29 is 0 Å². The molecule has 4 heteroatoms. The standard InChI is InChI=1S/C52H33BN2S/c1-32-27-28-44-47(29-32)54(33-15-4-2-5-16-33)45-25-14-26-46-49(45)53(44)51-50(55(46)34-17-6-3-7-18-34)39-30-38-37-21-10-13-24-42(37)52(43(38)31-48(39)56-51)40-22-11-8-19-35(40)36-20-9-12-23-41(36)52/h2-31H,1H3. The summed E-state index contributed by atoms with van der Waals surface area (Å²) in [7, 11) is 0. The Labute approximate surface area is 330 Å². The van der Waals surface area contributed by atoms with Crippen LogP contribution in [0.3, 0.4) is 0 Å². The van der Waals surface area contributed by atoms with Crippen LogP contribution in [0, 0.1) is 6.92 Å². The molecule has 0 N–H and O–H groups in total. The number of fused-ring (bicyclic) bond motifs is 16. The van der Waals surface area contributed by atoms with E-state index in [4.69, 9.17) is 0 Å². The second-order valence-corrected chi connectivity index (χ2v) is 16.7. The minimum Gasteiger partial charge on any atom is -0.311 e. The first kappa shape index (κ1) is 30.7. The molecule has 1 spiro atoms. The number of hydrogen-bond donors (Lipinski definition) is 0. The second kappa shape index (κ2) is 11.0. The predicted molar refractivity (Wildman–Crippen MR) is 237 cm³/mol. The van der Waals surface area contributed by atoms with Gasteiger partial charge in [-0.1, -0.05) is 127 Å². The molecule has 2 nitrogen and oxygen atoms in total. The van der Waals surface area contributed by atoms with Gasteiger partial charge in [0.1, 0.15) is 0 Å².